The maximum atomic E-state index is 12.4. The van der Waals surface area contributed by atoms with E-state index in [2.05, 4.69) is 27.3 Å². The summed E-state index contributed by atoms with van der Waals surface area (Å²) in [7, 11) is 0. The van der Waals surface area contributed by atoms with Gasteiger partial charge in [-0.1, -0.05) is 30.8 Å². The predicted molar refractivity (Wildman–Crippen MR) is 100 cm³/mol. The van der Waals surface area contributed by atoms with Crippen LogP contribution in [0, 0.1) is 13.8 Å². The molecule has 0 fully saturated rings. The first-order chi connectivity index (χ1) is 12.0. The highest BCUT2D eigenvalue weighted by molar-refractivity contribution is 8.00. The lowest BCUT2D eigenvalue weighted by Crippen LogP contribution is -2.22. The van der Waals surface area contributed by atoms with Crippen LogP contribution >= 0.6 is 11.8 Å². The number of carbonyl (C=O) groups excluding carboxylic acids is 1. The summed E-state index contributed by atoms with van der Waals surface area (Å²) in [4.78, 5) is 21.2. The summed E-state index contributed by atoms with van der Waals surface area (Å²) in [6.07, 6.45) is 0.979. The van der Waals surface area contributed by atoms with E-state index in [-0.39, 0.29) is 11.2 Å². The smallest absolute Gasteiger partial charge is 0.253 e. The zero-order chi connectivity index (χ0) is 18.0. The molecule has 1 atom stereocenters. The number of anilines is 1. The lowest BCUT2D eigenvalue weighted by molar-refractivity contribution is -0.115. The van der Waals surface area contributed by atoms with E-state index in [1.54, 1.807) is 4.52 Å². The molecule has 0 unspecified atom stereocenters. The van der Waals surface area contributed by atoms with Crippen molar-refractivity contribution >= 4 is 29.1 Å². The first kappa shape index (κ1) is 17.4. The van der Waals surface area contributed by atoms with E-state index in [4.69, 9.17) is 0 Å². The number of nitrogens with one attached hydrogen (secondary N) is 1. The molecule has 1 N–H and O–H groups in total. The highest BCUT2D eigenvalue weighted by Gasteiger charge is 2.18. The third-order valence-corrected chi connectivity index (χ3v) is 4.83. The molecule has 0 saturated carbocycles. The number of aryl methyl sites for hydroxylation is 3. The molecule has 1 amide bonds. The van der Waals surface area contributed by atoms with Gasteiger partial charge in [0.15, 0.2) is 0 Å². The molecule has 0 aliphatic rings. The van der Waals surface area contributed by atoms with Crippen molar-refractivity contribution in [1.82, 2.24) is 19.6 Å². The van der Waals surface area contributed by atoms with Crippen LogP contribution in [0.4, 0.5) is 5.69 Å². The monoisotopic (exact) mass is 355 g/mol. The van der Waals surface area contributed by atoms with Crippen LogP contribution in [-0.4, -0.2) is 30.7 Å². The molecule has 0 saturated heterocycles. The second kappa shape index (κ2) is 7.23. The average molecular weight is 355 g/mol. The summed E-state index contributed by atoms with van der Waals surface area (Å²) in [5, 5.41) is 7.59. The molecular formula is C18H21N5OS. The maximum absolute atomic E-state index is 12.4. The quantitative estimate of drug-likeness (QED) is 0.710. The first-order valence-electron chi connectivity index (χ1n) is 8.23. The number of hydrogen-bond acceptors (Lipinski definition) is 5. The lowest BCUT2D eigenvalue weighted by atomic mass is 10.1. The zero-order valence-electron chi connectivity index (χ0n) is 14.8. The summed E-state index contributed by atoms with van der Waals surface area (Å²) in [6.45, 7) is 7.83. The van der Waals surface area contributed by atoms with Crippen LogP contribution in [0.1, 0.15) is 30.8 Å². The Balaban J connectivity index is 1.69. The fraction of sp³-hybridized carbons (Fsp3) is 0.333. The Hall–Kier alpha value is -2.41. The fourth-order valence-electron chi connectivity index (χ4n) is 2.48. The van der Waals surface area contributed by atoms with Gasteiger partial charge in [0.1, 0.15) is 0 Å². The van der Waals surface area contributed by atoms with Crippen molar-refractivity contribution < 1.29 is 4.79 Å². The van der Waals surface area contributed by atoms with Crippen LogP contribution in [0.15, 0.2) is 35.5 Å². The van der Waals surface area contributed by atoms with Gasteiger partial charge in [-0.25, -0.2) is 9.50 Å². The Morgan fingerprint density at radius 3 is 2.64 bits per heavy atom. The van der Waals surface area contributed by atoms with E-state index in [0.29, 0.717) is 10.9 Å². The standard InChI is InChI=1S/C18H21N5OS/c1-5-14-6-8-15(9-7-14)20-16(24)13(4)25-18-21-17-19-11(2)10-12(3)23(17)22-18/h6-10,13H,5H2,1-4H3,(H,20,24)/t13-/m1/s1. The van der Waals surface area contributed by atoms with E-state index in [9.17, 15) is 4.79 Å². The van der Waals surface area contributed by atoms with Crippen molar-refractivity contribution in [2.75, 3.05) is 5.32 Å². The molecule has 7 heteroatoms. The van der Waals surface area contributed by atoms with Gasteiger partial charge in [0, 0.05) is 17.1 Å². The van der Waals surface area contributed by atoms with Crippen molar-refractivity contribution in [3.63, 3.8) is 0 Å². The van der Waals surface area contributed by atoms with Gasteiger partial charge in [-0.15, -0.1) is 5.10 Å². The molecule has 6 nitrogen and oxygen atoms in total. The summed E-state index contributed by atoms with van der Waals surface area (Å²) >= 11 is 1.32. The van der Waals surface area contributed by atoms with Gasteiger partial charge in [0.2, 0.25) is 11.1 Å². The SMILES string of the molecule is CCc1ccc(NC(=O)[C@@H](C)Sc2nc3nc(C)cc(C)n3n2)cc1. The van der Waals surface area contributed by atoms with Gasteiger partial charge >= 0.3 is 0 Å². The molecule has 0 aliphatic carbocycles. The zero-order valence-corrected chi connectivity index (χ0v) is 15.6. The Bertz CT molecular complexity index is 904. The van der Waals surface area contributed by atoms with Crippen LogP contribution < -0.4 is 5.32 Å². The van der Waals surface area contributed by atoms with Crippen molar-refractivity contribution in [1.29, 1.82) is 0 Å². The van der Waals surface area contributed by atoms with Crippen molar-refractivity contribution in [2.45, 2.75) is 44.5 Å². The van der Waals surface area contributed by atoms with E-state index < -0.39 is 0 Å². The highest BCUT2D eigenvalue weighted by Crippen LogP contribution is 2.22. The lowest BCUT2D eigenvalue weighted by Gasteiger charge is -2.10. The minimum absolute atomic E-state index is 0.0750. The Labute approximate surface area is 151 Å². The van der Waals surface area contributed by atoms with E-state index in [1.807, 2.05) is 51.1 Å². The number of nitrogens with zero attached hydrogens (tertiary/aromatic N) is 4. The average Bonchev–Trinajstić information content (AvgIpc) is 2.98. The van der Waals surface area contributed by atoms with E-state index in [1.165, 1.54) is 17.3 Å². The molecule has 0 aliphatic heterocycles. The molecule has 2 aromatic heterocycles. The van der Waals surface area contributed by atoms with Gasteiger partial charge in [-0.05, 0) is 51.0 Å². The minimum atomic E-state index is -0.315. The van der Waals surface area contributed by atoms with Gasteiger partial charge in [-0.3, -0.25) is 4.79 Å². The molecule has 1 aromatic carbocycles. The van der Waals surface area contributed by atoms with Crippen LogP contribution in [0.5, 0.6) is 0 Å². The predicted octanol–water partition coefficient (Wildman–Crippen LogP) is 3.42. The normalized spacial score (nSPS) is 12.3. The first-order valence-corrected chi connectivity index (χ1v) is 9.11. The summed E-state index contributed by atoms with van der Waals surface area (Å²) in [5.74, 6) is 0.483. The van der Waals surface area contributed by atoms with Gasteiger partial charge < -0.3 is 5.32 Å². The van der Waals surface area contributed by atoms with Gasteiger partial charge in [0.05, 0.1) is 5.25 Å². The topological polar surface area (TPSA) is 72.2 Å². The van der Waals surface area contributed by atoms with Crippen molar-refractivity contribution in [2.24, 2.45) is 0 Å². The number of carbonyl (C=O) groups is 1. The Kier molecular flexibility index (Phi) is 5.03. The number of benzene rings is 1. The number of thioether (sulfide) groups is 1. The molecule has 0 bridgehead atoms. The third kappa shape index (κ3) is 3.99. The maximum Gasteiger partial charge on any atom is 0.253 e. The molecule has 130 valence electrons. The van der Waals surface area contributed by atoms with Gasteiger partial charge in [0.25, 0.3) is 5.78 Å². The third-order valence-electron chi connectivity index (χ3n) is 3.88. The van der Waals surface area contributed by atoms with Crippen LogP contribution in [0.3, 0.4) is 0 Å². The molecule has 0 spiro atoms. The van der Waals surface area contributed by atoms with Crippen molar-refractivity contribution in [3.8, 4) is 0 Å². The Morgan fingerprint density at radius 1 is 1.24 bits per heavy atom. The summed E-state index contributed by atoms with van der Waals surface area (Å²) in [5.41, 5.74) is 3.91. The summed E-state index contributed by atoms with van der Waals surface area (Å²) in [6, 6.07) is 9.84. The molecule has 2 heterocycles. The molecule has 25 heavy (non-hydrogen) atoms. The van der Waals surface area contributed by atoms with Crippen LogP contribution in [-0.2, 0) is 11.2 Å². The number of rotatable bonds is 5. The highest BCUT2D eigenvalue weighted by atomic mass is 32.2. The number of amides is 1. The summed E-state index contributed by atoms with van der Waals surface area (Å²) < 4.78 is 1.70. The molecular weight excluding hydrogens is 334 g/mol. The largest absolute Gasteiger partial charge is 0.325 e. The second-order valence-corrected chi connectivity index (χ2v) is 7.25. The molecule has 3 aromatic rings. The van der Waals surface area contributed by atoms with E-state index in [0.717, 1.165) is 23.5 Å². The van der Waals surface area contributed by atoms with E-state index >= 15 is 0 Å². The number of fused-ring (bicyclic) bond motifs is 1. The molecule has 0 radical (unpaired) electrons. The van der Waals surface area contributed by atoms with Crippen LogP contribution in [0.2, 0.25) is 0 Å². The fourth-order valence-corrected chi connectivity index (χ4v) is 3.22. The Morgan fingerprint density at radius 2 is 1.96 bits per heavy atom. The van der Waals surface area contributed by atoms with Gasteiger partial charge in [-0.2, -0.15) is 4.98 Å². The van der Waals surface area contributed by atoms with Crippen LogP contribution in [0.25, 0.3) is 5.78 Å². The molecule has 3 rings (SSSR count). The minimum Gasteiger partial charge on any atom is -0.325 e. The second-order valence-electron chi connectivity index (χ2n) is 5.94. The number of hydrogen-bond donors (Lipinski definition) is 1. The van der Waals surface area contributed by atoms with Crippen molar-refractivity contribution in [3.05, 3.63) is 47.3 Å². The number of aromatic nitrogens is 4.